The van der Waals surface area contributed by atoms with E-state index < -0.39 is 0 Å². The van der Waals surface area contributed by atoms with E-state index in [-0.39, 0.29) is 0 Å². The van der Waals surface area contributed by atoms with Crippen LogP contribution in [0.15, 0.2) is 72.1 Å². The fourth-order valence-corrected chi connectivity index (χ4v) is 3.54. The maximum absolute atomic E-state index is 4.37. The first-order chi connectivity index (χ1) is 10.3. The van der Waals surface area contributed by atoms with Crippen LogP contribution in [0.4, 0.5) is 0 Å². The predicted molar refractivity (Wildman–Crippen MR) is 95.9 cm³/mol. The van der Waals surface area contributed by atoms with Gasteiger partial charge in [-0.05, 0) is 28.2 Å². The summed E-state index contributed by atoms with van der Waals surface area (Å²) in [5.74, 6) is 1.46. The molecule has 0 atom stereocenters. The average molecular weight is 296 g/mol. The summed E-state index contributed by atoms with van der Waals surface area (Å²) in [6.07, 6.45) is 3.85. The fraction of sp³-hybridized carbons (Fsp3) is 0.300. The Morgan fingerprint density at radius 2 is 1.43 bits per heavy atom. The molecule has 0 aliphatic carbocycles. The van der Waals surface area contributed by atoms with Gasteiger partial charge in [0.2, 0.25) is 0 Å². The lowest BCUT2D eigenvalue weighted by atomic mass is 9.91. The molecule has 0 saturated heterocycles. The van der Waals surface area contributed by atoms with Crippen LogP contribution in [0.5, 0.6) is 0 Å². The normalized spacial score (nSPS) is 10.8. The van der Waals surface area contributed by atoms with Crippen molar-refractivity contribution in [3.8, 4) is 0 Å². The minimum absolute atomic E-state index is 0.291. The molecule has 0 unspecified atom stereocenters. The molecule has 0 fully saturated rings. The quantitative estimate of drug-likeness (QED) is 0.518. The summed E-state index contributed by atoms with van der Waals surface area (Å²) < 4.78 is 0. The van der Waals surface area contributed by atoms with E-state index in [1.807, 2.05) is 11.8 Å². The Hall–Kier alpha value is -1.47. The predicted octanol–water partition coefficient (Wildman–Crippen LogP) is 6.26. The van der Waals surface area contributed by atoms with Crippen molar-refractivity contribution in [1.29, 1.82) is 0 Å². The molecule has 2 aromatic rings. The summed E-state index contributed by atoms with van der Waals surface area (Å²) in [4.78, 5) is 1.25. The Balaban J connectivity index is 2.15. The van der Waals surface area contributed by atoms with Gasteiger partial charge in [-0.3, -0.25) is 0 Å². The smallest absolute Gasteiger partial charge is 0.0393 e. The number of thioether (sulfide) groups is 1. The van der Waals surface area contributed by atoms with Gasteiger partial charge in [-0.15, -0.1) is 11.8 Å². The SMILES string of the molecule is C=C(SCCCCC)C(c1ccccc1)c1ccccc1. The van der Waals surface area contributed by atoms with E-state index in [0.29, 0.717) is 5.92 Å². The van der Waals surface area contributed by atoms with Crippen LogP contribution in [0.1, 0.15) is 43.2 Å². The lowest BCUT2D eigenvalue weighted by Crippen LogP contribution is -2.02. The number of unbranched alkanes of at least 4 members (excludes halogenated alkanes) is 2. The Morgan fingerprint density at radius 3 is 1.90 bits per heavy atom. The summed E-state index contributed by atoms with van der Waals surface area (Å²) in [6, 6.07) is 21.4. The van der Waals surface area contributed by atoms with Crippen LogP contribution in [-0.4, -0.2) is 5.75 Å². The molecule has 0 nitrogen and oxygen atoms in total. The number of rotatable bonds is 8. The third kappa shape index (κ3) is 4.78. The van der Waals surface area contributed by atoms with Crippen molar-refractivity contribution in [2.75, 3.05) is 5.75 Å². The molecule has 2 aromatic carbocycles. The molecular weight excluding hydrogens is 272 g/mol. The first-order valence-corrected chi connectivity index (χ1v) is 8.73. The molecule has 0 aliphatic rings. The lowest BCUT2D eigenvalue weighted by Gasteiger charge is -2.20. The highest BCUT2D eigenvalue weighted by Crippen LogP contribution is 2.37. The molecule has 2 rings (SSSR count). The van der Waals surface area contributed by atoms with Gasteiger partial charge >= 0.3 is 0 Å². The highest BCUT2D eigenvalue weighted by Gasteiger charge is 2.17. The number of hydrogen-bond donors (Lipinski definition) is 0. The minimum atomic E-state index is 0.291. The van der Waals surface area contributed by atoms with Crippen LogP contribution >= 0.6 is 11.8 Å². The van der Waals surface area contributed by atoms with Gasteiger partial charge in [0.25, 0.3) is 0 Å². The molecule has 0 N–H and O–H groups in total. The van der Waals surface area contributed by atoms with Crippen molar-refractivity contribution in [3.05, 3.63) is 83.3 Å². The van der Waals surface area contributed by atoms with Crippen LogP contribution in [-0.2, 0) is 0 Å². The van der Waals surface area contributed by atoms with Gasteiger partial charge in [-0.2, -0.15) is 0 Å². The summed E-state index contributed by atoms with van der Waals surface area (Å²) >= 11 is 1.92. The number of benzene rings is 2. The van der Waals surface area contributed by atoms with Crippen molar-refractivity contribution in [1.82, 2.24) is 0 Å². The van der Waals surface area contributed by atoms with Crippen LogP contribution in [0.3, 0.4) is 0 Å². The van der Waals surface area contributed by atoms with Crippen molar-refractivity contribution in [3.63, 3.8) is 0 Å². The molecule has 0 aliphatic heterocycles. The van der Waals surface area contributed by atoms with Gasteiger partial charge in [-0.25, -0.2) is 0 Å². The second kappa shape index (κ2) is 8.74. The Kier molecular flexibility index (Phi) is 6.62. The third-order valence-corrected chi connectivity index (χ3v) is 4.72. The van der Waals surface area contributed by atoms with E-state index in [1.54, 1.807) is 0 Å². The van der Waals surface area contributed by atoms with Crippen molar-refractivity contribution < 1.29 is 0 Å². The van der Waals surface area contributed by atoms with Gasteiger partial charge in [-0.1, -0.05) is 87.0 Å². The molecule has 0 bridgehead atoms. The van der Waals surface area contributed by atoms with Gasteiger partial charge in [0.1, 0.15) is 0 Å². The van der Waals surface area contributed by atoms with Crippen LogP contribution in [0.25, 0.3) is 0 Å². The van der Waals surface area contributed by atoms with Crippen molar-refractivity contribution >= 4 is 11.8 Å². The van der Waals surface area contributed by atoms with E-state index in [2.05, 4.69) is 74.2 Å². The zero-order valence-electron chi connectivity index (χ0n) is 12.8. The molecule has 0 saturated carbocycles. The minimum Gasteiger partial charge on any atom is -0.130 e. The largest absolute Gasteiger partial charge is 0.130 e. The first-order valence-electron chi connectivity index (χ1n) is 7.74. The van der Waals surface area contributed by atoms with Crippen LogP contribution in [0, 0.1) is 0 Å². The van der Waals surface area contributed by atoms with E-state index >= 15 is 0 Å². The molecule has 21 heavy (non-hydrogen) atoms. The summed E-state index contributed by atoms with van der Waals surface area (Å²) in [5.41, 5.74) is 2.66. The number of hydrogen-bond acceptors (Lipinski definition) is 1. The fourth-order valence-electron chi connectivity index (χ4n) is 2.49. The Morgan fingerprint density at radius 1 is 0.905 bits per heavy atom. The molecule has 0 amide bonds. The molecule has 0 radical (unpaired) electrons. The first kappa shape index (κ1) is 15.9. The molecule has 0 aromatic heterocycles. The second-order valence-electron chi connectivity index (χ2n) is 5.28. The Bertz CT molecular complexity index is 491. The van der Waals surface area contributed by atoms with E-state index in [4.69, 9.17) is 0 Å². The van der Waals surface area contributed by atoms with E-state index in [1.165, 1.54) is 41.0 Å². The molecule has 0 heterocycles. The maximum Gasteiger partial charge on any atom is 0.0393 e. The molecule has 0 spiro atoms. The van der Waals surface area contributed by atoms with E-state index in [0.717, 1.165) is 0 Å². The molecular formula is C20H24S. The summed E-state index contributed by atoms with van der Waals surface area (Å²) in [6.45, 7) is 6.61. The summed E-state index contributed by atoms with van der Waals surface area (Å²) in [5, 5.41) is 0. The maximum atomic E-state index is 4.37. The van der Waals surface area contributed by atoms with Crippen molar-refractivity contribution in [2.24, 2.45) is 0 Å². The van der Waals surface area contributed by atoms with Gasteiger partial charge < -0.3 is 0 Å². The van der Waals surface area contributed by atoms with E-state index in [9.17, 15) is 0 Å². The Labute approximate surface area is 133 Å². The molecule has 110 valence electrons. The number of allylic oxidation sites excluding steroid dienone is 1. The zero-order valence-corrected chi connectivity index (χ0v) is 13.6. The second-order valence-corrected chi connectivity index (χ2v) is 6.50. The van der Waals surface area contributed by atoms with Gasteiger partial charge in [0, 0.05) is 5.92 Å². The standard InChI is InChI=1S/C20H24S/c1-3-4-11-16-21-17(2)20(18-12-7-5-8-13-18)19-14-9-6-10-15-19/h5-10,12-15,20H,2-4,11,16H2,1H3. The lowest BCUT2D eigenvalue weighted by molar-refractivity contribution is 0.779. The van der Waals surface area contributed by atoms with Gasteiger partial charge in [0.15, 0.2) is 0 Å². The van der Waals surface area contributed by atoms with Crippen LogP contribution < -0.4 is 0 Å². The van der Waals surface area contributed by atoms with Gasteiger partial charge in [0.05, 0.1) is 0 Å². The summed E-state index contributed by atoms with van der Waals surface area (Å²) in [7, 11) is 0. The highest BCUT2D eigenvalue weighted by molar-refractivity contribution is 8.03. The zero-order chi connectivity index (χ0) is 14.9. The average Bonchev–Trinajstić information content (AvgIpc) is 2.54. The molecule has 1 heteroatoms. The van der Waals surface area contributed by atoms with Crippen LogP contribution in [0.2, 0.25) is 0 Å². The third-order valence-electron chi connectivity index (χ3n) is 3.62. The highest BCUT2D eigenvalue weighted by atomic mass is 32.2. The van der Waals surface area contributed by atoms with Crippen molar-refractivity contribution in [2.45, 2.75) is 32.1 Å². The topological polar surface area (TPSA) is 0 Å². The monoisotopic (exact) mass is 296 g/mol.